The molecule has 1 heterocycles. The zero-order chi connectivity index (χ0) is 16.7. The lowest BCUT2D eigenvalue weighted by Crippen LogP contribution is -2.46. The lowest BCUT2D eigenvalue weighted by Gasteiger charge is -2.22. The van der Waals surface area contributed by atoms with Crippen LogP contribution in [0, 0.1) is 0 Å². The number of likely N-dealkylation sites (N-methyl/N-ethyl adjacent to an activating group) is 1. The maximum Gasteiger partial charge on any atom is 0.191 e. The second-order valence-corrected chi connectivity index (χ2v) is 6.43. The molecule has 24 heavy (non-hydrogen) atoms. The van der Waals surface area contributed by atoms with E-state index >= 15 is 0 Å². The molecule has 0 bridgehead atoms. The van der Waals surface area contributed by atoms with E-state index in [4.69, 9.17) is 16.3 Å². The van der Waals surface area contributed by atoms with Gasteiger partial charge in [-0.2, -0.15) is 0 Å². The summed E-state index contributed by atoms with van der Waals surface area (Å²) in [5, 5.41) is 7.41. The Balaban J connectivity index is 0.00000288. The minimum atomic E-state index is 0. The second-order valence-electron chi connectivity index (χ2n) is 5.99. The molecule has 0 spiro atoms. The number of rotatable bonds is 6. The average Bonchev–Trinajstić information content (AvgIpc) is 2.95. The maximum atomic E-state index is 5.87. The van der Waals surface area contributed by atoms with Gasteiger partial charge in [-0.1, -0.05) is 11.6 Å². The highest BCUT2D eigenvalue weighted by Gasteiger charge is 2.20. The zero-order valence-electron chi connectivity index (χ0n) is 14.6. The van der Waals surface area contributed by atoms with Gasteiger partial charge < -0.3 is 20.3 Å². The number of benzene rings is 1. The Morgan fingerprint density at radius 3 is 2.67 bits per heavy atom. The highest BCUT2D eigenvalue weighted by atomic mass is 127. The van der Waals surface area contributed by atoms with Crippen molar-refractivity contribution in [3.63, 3.8) is 0 Å². The Morgan fingerprint density at radius 1 is 1.38 bits per heavy atom. The first-order chi connectivity index (χ1) is 11.1. The van der Waals surface area contributed by atoms with Gasteiger partial charge in [0.25, 0.3) is 0 Å². The lowest BCUT2D eigenvalue weighted by molar-refractivity contribution is 0.223. The average molecular weight is 467 g/mol. The van der Waals surface area contributed by atoms with Gasteiger partial charge in [0.15, 0.2) is 5.96 Å². The highest BCUT2D eigenvalue weighted by molar-refractivity contribution is 14.0. The van der Waals surface area contributed by atoms with Crippen LogP contribution in [0.1, 0.15) is 19.8 Å². The summed E-state index contributed by atoms with van der Waals surface area (Å²) in [5.74, 6) is 1.64. The predicted molar refractivity (Wildman–Crippen MR) is 112 cm³/mol. The van der Waals surface area contributed by atoms with Crippen LogP contribution in [0.4, 0.5) is 0 Å². The Bertz CT molecular complexity index is 512. The number of likely N-dealkylation sites (tertiary alicyclic amines) is 1. The largest absolute Gasteiger partial charge is 0.489 e. The van der Waals surface area contributed by atoms with Gasteiger partial charge in [-0.05, 0) is 57.6 Å². The van der Waals surface area contributed by atoms with Crippen molar-refractivity contribution < 1.29 is 4.74 Å². The molecule has 1 aromatic rings. The molecule has 5 nitrogen and oxygen atoms in total. The fourth-order valence-corrected chi connectivity index (χ4v) is 2.83. The second kappa shape index (κ2) is 11.0. The van der Waals surface area contributed by atoms with Crippen LogP contribution in [0.15, 0.2) is 29.3 Å². The van der Waals surface area contributed by atoms with E-state index in [0.29, 0.717) is 17.6 Å². The summed E-state index contributed by atoms with van der Waals surface area (Å²) < 4.78 is 5.85. The van der Waals surface area contributed by atoms with Crippen molar-refractivity contribution in [2.45, 2.75) is 31.9 Å². The molecule has 1 aliphatic rings. The van der Waals surface area contributed by atoms with Crippen LogP contribution in [-0.4, -0.2) is 56.7 Å². The molecule has 0 radical (unpaired) electrons. The molecule has 136 valence electrons. The van der Waals surface area contributed by atoms with E-state index in [1.54, 1.807) is 7.05 Å². The van der Waals surface area contributed by atoms with E-state index in [1.807, 2.05) is 31.2 Å². The minimum absolute atomic E-state index is 0. The molecule has 2 N–H and O–H groups in total. The van der Waals surface area contributed by atoms with Crippen LogP contribution < -0.4 is 15.4 Å². The number of guanidine groups is 1. The summed E-state index contributed by atoms with van der Waals surface area (Å²) in [4.78, 5) is 6.66. The quantitative estimate of drug-likeness (QED) is 0.384. The molecule has 1 fully saturated rings. The zero-order valence-corrected chi connectivity index (χ0v) is 17.7. The number of hydrogen-bond acceptors (Lipinski definition) is 3. The van der Waals surface area contributed by atoms with Crippen LogP contribution in [-0.2, 0) is 0 Å². The Labute approximate surface area is 167 Å². The molecule has 2 rings (SSSR count). The number of halogens is 2. The Kier molecular flexibility index (Phi) is 9.76. The normalized spacial score (nSPS) is 19.5. The van der Waals surface area contributed by atoms with E-state index in [-0.39, 0.29) is 30.1 Å². The van der Waals surface area contributed by atoms with Gasteiger partial charge in [-0.15, -0.1) is 24.0 Å². The van der Waals surface area contributed by atoms with Crippen LogP contribution in [0.2, 0.25) is 5.02 Å². The Morgan fingerprint density at radius 2 is 2.08 bits per heavy atom. The van der Waals surface area contributed by atoms with Crippen LogP contribution >= 0.6 is 35.6 Å². The summed E-state index contributed by atoms with van der Waals surface area (Å²) in [6.45, 7) is 4.81. The van der Waals surface area contributed by atoms with Gasteiger partial charge in [0.2, 0.25) is 0 Å². The van der Waals surface area contributed by atoms with Gasteiger partial charge in [-0.3, -0.25) is 4.99 Å². The number of hydrogen-bond donors (Lipinski definition) is 2. The van der Waals surface area contributed by atoms with Crippen LogP contribution in [0.5, 0.6) is 5.75 Å². The first-order valence-electron chi connectivity index (χ1n) is 8.15. The fraction of sp³-hybridized carbons (Fsp3) is 0.588. The lowest BCUT2D eigenvalue weighted by atomic mass is 10.2. The number of aliphatic imine (C=N–C) groups is 1. The monoisotopic (exact) mass is 466 g/mol. The predicted octanol–water partition coefficient (Wildman–Crippen LogP) is 2.98. The van der Waals surface area contributed by atoms with E-state index in [1.165, 1.54) is 19.4 Å². The van der Waals surface area contributed by atoms with Crippen molar-refractivity contribution in [3.05, 3.63) is 29.3 Å². The number of ether oxygens (including phenoxy) is 1. The molecule has 2 atom stereocenters. The van der Waals surface area contributed by atoms with Crippen molar-refractivity contribution in [1.82, 2.24) is 15.5 Å². The molecule has 7 heteroatoms. The van der Waals surface area contributed by atoms with Crippen molar-refractivity contribution >= 4 is 41.5 Å². The first kappa shape index (κ1) is 21.3. The van der Waals surface area contributed by atoms with Crippen LogP contribution in [0.25, 0.3) is 0 Å². The van der Waals surface area contributed by atoms with Crippen LogP contribution in [0.3, 0.4) is 0 Å². The maximum absolute atomic E-state index is 5.87. The van der Waals surface area contributed by atoms with Gasteiger partial charge >= 0.3 is 0 Å². The van der Waals surface area contributed by atoms with Gasteiger partial charge in [0, 0.05) is 24.7 Å². The summed E-state index contributed by atoms with van der Waals surface area (Å²) in [5.41, 5.74) is 0. The summed E-state index contributed by atoms with van der Waals surface area (Å²) in [7, 11) is 3.97. The van der Waals surface area contributed by atoms with E-state index in [2.05, 4.69) is 27.6 Å². The SMILES string of the molecule is CN=C(NCC(C)Oc1ccc(Cl)cc1)NCC1CCCN1C.I. The molecule has 0 saturated carbocycles. The molecule has 0 aromatic heterocycles. The smallest absolute Gasteiger partial charge is 0.191 e. The highest BCUT2D eigenvalue weighted by Crippen LogP contribution is 2.16. The van der Waals surface area contributed by atoms with Gasteiger partial charge in [0.1, 0.15) is 11.9 Å². The van der Waals surface area contributed by atoms with E-state index < -0.39 is 0 Å². The van der Waals surface area contributed by atoms with Crippen molar-refractivity contribution in [2.24, 2.45) is 4.99 Å². The van der Waals surface area contributed by atoms with Gasteiger partial charge in [-0.25, -0.2) is 0 Å². The van der Waals surface area contributed by atoms with Gasteiger partial charge in [0.05, 0.1) is 6.54 Å². The van der Waals surface area contributed by atoms with E-state index in [0.717, 1.165) is 18.3 Å². The molecule has 2 unspecified atom stereocenters. The summed E-state index contributed by atoms with van der Waals surface area (Å²) in [6, 6.07) is 8.01. The molecular formula is C17H28ClIN4O. The summed E-state index contributed by atoms with van der Waals surface area (Å²) in [6.07, 6.45) is 2.56. The molecule has 0 amide bonds. The molecule has 0 aliphatic carbocycles. The third-order valence-electron chi connectivity index (χ3n) is 4.11. The molecular weight excluding hydrogens is 439 g/mol. The number of nitrogens with zero attached hydrogens (tertiary/aromatic N) is 2. The third kappa shape index (κ3) is 7.03. The summed E-state index contributed by atoms with van der Waals surface area (Å²) >= 11 is 5.87. The minimum Gasteiger partial charge on any atom is -0.489 e. The van der Waals surface area contributed by atoms with E-state index in [9.17, 15) is 0 Å². The van der Waals surface area contributed by atoms with Crippen molar-refractivity contribution in [3.8, 4) is 5.75 Å². The Hall–Kier alpha value is -0.730. The van der Waals surface area contributed by atoms with Crippen molar-refractivity contribution in [1.29, 1.82) is 0 Å². The topological polar surface area (TPSA) is 48.9 Å². The number of nitrogens with one attached hydrogen (secondary N) is 2. The molecule has 1 aliphatic heterocycles. The third-order valence-corrected chi connectivity index (χ3v) is 4.36. The van der Waals surface area contributed by atoms with Crippen molar-refractivity contribution in [2.75, 3.05) is 33.7 Å². The first-order valence-corrected chi connectivity index (χ1v) is 8.53. The molecule has 1 saturated heterocycles. The molecule has 1 aromatic carbocycles. The standard InChI is InChI=1S/C17H27ClN4O.HI/c1-13(23-16-8-6-14(18)7-9-16)11-20-17(19-2)21-12-15-5-4-10-22(15)3;/h6-9,13,15H,4-5,10-12H2,1-3H3,(H2,19,20,21);1H. The fourth-order valence-electron chi connectivity index (χ4n) is 2.70.